The van der Waals surface area contributed by atoms with Gasteiger partial charge in [-0.3, -0.25) is 9.79 Å². The number of ether oxygens (including phenoxy) is 1. The van der Waals surface area contributed by atoms with Gasteiger partial charge in [0.05, 0.1) is 6.10 Å². The molecule has 3 fully saturated rings. The Labute approximate surface area is 138 Å². The van der Waals surface area contributed by atoms with E-state index in [0.29, 0.717) is 31.0 Å². The molecule has 0 spiro atoms. The van der Waals surface area contributed by atoms with Crippen LogP contribution in [0.1, 0.15) is 46.5 Å². The number of hydrogen-bond acceptors (Lipinski definition) is 3. The van der Waals surface area contributed by atoms with Crippen molar-refractivity contribution in [2.24, 2.45) is 16.3 Å². The van der Waals surface area contributed by atoms with Crippen LogP contribution in [0.15, 0.2) is 4.99 Å². The van der Waals surface area contributed by atoms with E-state index >= 15 is 0 Å². The molecule has 0 aromatic heterocycles. The smallest absolute Gasteiger partial charge is 0.220 e. The third-order valence-electron chi connectivity index (χ3n) is 5.55. The fraction of sp³-hybridized carbons (Fsp3) is 0.882. The molecule has 3 rings (SSSR count). The van der Waals surface area contributed by atoms with Crippen LogP contribution in [0.4, 0.5) is 0 Å². The van der Waals surface area contributed by atoms with E-state index in [0.717, 1.165) is 32.0 Å². The first kappa shape index (κ1) is 16.6. The summed E-state index contributed by atoms with van der Waals surface area (Å²) in [5.74, 6) is 1.59. The van der Waals surface area contributed by atoms with Gasteiger partial charge in [-0.05, 0) is 26.2 Å². The third-order valence-corrected chi connectivity index (χ3v) is 5.55. The summed E-state index contributed by atoms with van der Waals surface area (Å²) in [5, 5.41) is 10.1. The zero-order chi connectivity index (χ0) is 16.4. The summed E-state index contributed by atoms with van der Waals surface area (Å²) in [7, 11) is 0. The number of carbonyl (C=O) groups is 1. The second-order valence-electron chi connectivity index (χ2n) is 7.55. The van der Waals surface area contributed by atoms with E-state index in [-0.39, 0.29) is 17.4 Å². The monoisotopic (exact) mass is 322 g/mol. The Bertz CT molecular complexity index is 467. The maximum absolute atomic E-state index is 11.3. The Kier molecular flexibility index (Phi) is 4.80. The fourth-order valence-corrected chi connectivity index (χ4v) is 4.30. The van der Waals surface area contributed by atoms with Crippen LogP contribution in [0.5, 0.6) is 0 Å². The largest absolute Gasteiger partial charge is 0.377 e. The Morgan fingerprint density at radius 2 is 2.22 bits per heavy atom. The molecule has 4 unspecified atom stereocenters. The number of amides is 1. The van der Waals surface area contributed by atoms with Gasteiger partial charge in [-0.2, -0.15) is 0 Å². The number of aliphatic imine (C=N–C) groups is 1. The summed E-state index contributed by atoms with van der Waals surface area (Å²) in [5.41, 5.74) is 0.127. The van der Waals surface area contributed by atoms with Crippen LogP contribution in [-0.4, -0.2) is 49.8 Å². The summed E-state index contributed by atoms with van der Waals surface area (Å²) in [6, 6.07) is 0.649. The highest BCUT2D eigenvalue weighted by molar-refractivity contribution is 5.81. The van der Waals surface area contributed by atoms with Crippen LogP contribution < -0.4 is 16.0 Å². The highest BCUT2D eigenvalue weighted by atomic mass is 16.5. The zero-order valence-electron chi connectivity index (χ0n) is 14.5. The molecule has 1 amide bonds. The lowest BCUT2D eigenvalue weighted by atomic mass is 9.55. The molecule has 0 aromatic carbocycles. The summed E-state index contributed by atoms with van der Waals surface area (Å²) in [6.07, 6.45) is 4.19. The molecule has 130 valence electrons. The normalized spacial score (nSPS) is 36.5. The summed E-state index contributed by atoms with van der Waals surface area (Å²) in [6.45, 7) is 8.92. The lowest BCUT2D eigenvalue weighted by Crippen LogP contribution is -2.71. The quantitative estimate of drug-likeness (QED) is 0.536. The van der Waals surface area contributed by atoms with Crippen molar-refractivity contribution in [2.45, 2.75) is 64.6 Å². The minimum atomic E-state index is 0.127. The lowest BCUT2D eigenvalue weighted by Gasteiger charge is -2.60. The van der Waals surface area contributed by atoms with Gasteiger partial charge >= 0.3 is 0 Å². The van der Waals surface area contributed by atoms with Crippen molar-refractivity contribution in [3.05, 3.63) is 0 Å². The Morgan fingerprint density at radius 1 is 1.39 bits per heavy atom. The molecule has 2 heterocycles. The first-order valence-electron chi connectivity index (χ1n) is 8.98. The van der Waals surface area contributed by atoms with E-state index < -0.39 is 0 Å². The zero-order valence-corrected chi connectivity index (χ0v) is 14.5. The van der Waals surface area contributed by atoms with Gasteiger partial charge in [0.1, 0.15) is 0 Å². The molecule has 3 N–H and O–H groups in total. The molecular weight excluding hydrogens is 292 g/mol. The number of hydrogen-bond donors (Lipinski definition) is 3. The Hall–Kier alpha value is -1.30. The van der Waals surface area contributed by atoms with E-state index in [1.54, 1.807) is 0 Å². The molecule has 1 aliphatic carbocycles. The van der Waals surface area contributed by atoms with E-state index in [4.69, 9.17) is 4.74 Å². The standard InChI is InChI=1S/C17H30N4O2/c1-4-18-16(20-11-7-8-13(22)19-10-11)21-14-12-6-5-9-23-15(12)17(14,2)3/h11-12,14-15H,4-10H2,1-3H3,(H,19,22)(H2,18,20,21). The first-order valence-corrected chi connectivity index (χ1v) is 8.98. The second-order valence-corrected chi connectivity index (χ2v) is 7.55. The van der Waals surface area contributed by atoms with Gasteiger partial charge in [0.2, 0.25) is 5.91 Å². The molecule has 2 saturated heterocycles. The number of nitrogens with one attached hydrogen (secondary N) is 3. The number of rotatable bonds is 3. The van der Waals surface area contributed by atoms with Crippen molar-refractivity contribution in [1.29, 1.82) is 0 Å². The van der Waals surface area contributed by atoms with Crippen LogP contribution in [-0.2, 0) is 9.53 Å². The molecule has 2 aliphatic heterocycles. The lowest BCUT2D eigenvalue weighted by molar-refractivity contribution is -0.188. The topological polar surface area (TPSA) is 74.8 Å². The van der Waals surface area contributed by atoms with E-state index in [1.807, 2.05) is 6.92 Å². The van der Waals surface area contributed by atoms with Crippen molar-refractivity contribution in [2.75, 3.05) is 19.7 Å². The highest BCUT2D eigenvalue weighted by Crippen LogP contribution is 2.51. The van der Waals surface area contributed by atoms with Crippen molar-refractivity contribution in [1.82, 2.24) is 16.0 Å². The molecule has 6 heteroatoms. The highest BCUT2D eigenvalue weighted by Gasteiger charge is 2.58. The molecule has 0 radical (unpaired) electrons. The van der Waals surface area contributed by atoms with Crippen molar-refractivity contribution < 1.29 is 9.53 Å². The summed E-state index contributed by atoms with van der Waals surface area (Å²) in [4.78, 5) is 15.9. The predicted octanol–water partition coefficient (Wildman–Crippen LogP) is 1.02. The molecular formula is C17H30N4O2. The Morgan fingerprint density at radius 3 is 2.91 bits per heavy atom. The molecule has 6 nitrogen and oxygen atoms in total. The molecule has 3 aliphatic rings. The van der Waals surface area contributed by atoms with Gasteiger partial charge in [-0.15, -0.1) is 0 Å². The van der Waals surface area contributed by atoms with E-state index in [9.17, 15) is 4.79 Å². The van der Waals surface area contributed by atoms with Crippen molar-refractivity contribution in [3.63, 3.8) is 0 Å². The third kappa shape index (κ3) is 3.32. The Balaban J connectivity index is 1.61. The molecule has 1 saturated carbocycles. The van der Waals surface area contributed by atoms with Gasteiger partial charge in [0.15, 0.2) is 5.96 Å². The van der Waals surface area contributed by atoms with Gasteiger partial charge in [0, 0.05) is 49.5 Å². The molecule has 23 heavy (non-hydrogen) atoms. The van der Waals surface area contributed by atoms with Gasteiger partial charge in [0.25, 0.3) is 0 Å². The van der Waals surface area contributed by atoms with E-state index in [1.165, 1.54) is 6.42 Å². The van der Waals surface area contributed by atoms with Gasteiger partial charge in [-0.25, -0.2) is 0 Å². The van der Waals surface area contributed by atoms with Gasteiger partial charge < -0.3 is 20.7 Å². The summed E-state index contributed by atoms with van der Waals surface area (Å²) >= 11 is 0. The van der Waals surface area contributed by atoms with Gasteiger partial charge in [-0.1, -0.05) is 13.8 Å². The van der Waals surface area contributed by atoms with Crippen LogP contribution in [0.2, 0.25) is 0 Å². The second kappa shape index (κ2) is 6.67. The molecule has 4 atom stereocenters. The van der Waals surface area contributed by atoms with Crippen LogP contribution in [0.25, 0.3) is 0 Å². The SMILES string of the molecule is CCN=C(NC1CCC(=O)NC1)NC1C2CCCOC2C1(C)C. The minimum absolute atomic E-state index is 0.127. The van der Waals surface area contributed by atoms with Crippen LogP contribution in [0, 0.1) is 11.3 Å². The number of fused-ring (bicyclic) bond motifs is 1. The number of nitrogens with zero attached hydrogens (tertiary/aromatic N) is 1. The van der Waals surface area contributed by atoms with Crippen LogP contribution in [0.3, 0.4) is 0 Å². The minimum Gasteiger partial charge on any atom is -0.377 e. The maximum atomic E-state index is 11.3. The van der Waals surface area contributed by atoms with Crippen LogP contribution >= 0.6 is 0 Å². The van der Waals surface area contributed by atoms with Crippen molar-refractivity contribution in [3.8, 4) is 0 Å². The number of piperidine rings is 1. The molecule has 0 aromatic rings. The van der Waals surface area contributed by atoms with Crippen molar-refractivity contribution >= 4 is 11.9 Å². The van der Waals surface area contributed by atoms with E-state index in [2.05, 4.69) is 34.8 Å². The average Bonchev–Trinajstić information content (AvgIpc) is 2.55. The maximum Gasteiger partial charge on any atom is 0.220 e. The average molecular weight is 322 g/mol. The number of carbonyl (C=O) groups excluding carboxylic acids is 1. The summed E-state index contributed by atoms with van der Waals surface area (Å²) < 4.78 is 5.98. The molecule has 0 bridgehead atoms. The number of guanidine groups is 1. The first-order chi connectivity index (χ1) is 11.0. The predicted molar refractivity (Wildman–Crippen MR) is 90.3 cm³/mol. The fourth-order valence-electron chi connectivity index (χ4n) is 4.30.